The second kappa shape index (κ2) is 9.08. The van der Waals surface area contributed by atoms with E-state index in [1.807, 2.05) is 60.7 Å². The molecule has 0 bridgehead atoms. The molecule has 0 unspecified atom stereocenters. The van der Waals surface area contributed by atoms with Gasteiger partial charge in [-0.15, -0.1) is 0 Å². The van der Waals surface area contributed by atoms with Crippen LogP contribution >= 0.6 is 0 Å². The summed E-state index contributed by atoms with van der Waals surface area (Å²) in [6.45, 7) is 1.20. The molecule has 1 heterocycles. The lowest BCUT2D eigenvalue weighted by molar-refractivity contribution is -0.263. The van der Waals surface area contributed by atoms with Crippen molar-refractivity contribution < 1.29 is 24.4 Å². The maximum atomic E-state index is 10.1. The van der Waals surface area contributed by atoms with Gasteiger partial charge in [-0.3, -0.25) is 0 Å². The van der Waals surface area contributed by atoms with Gasteiger partial charge in [0, 0.05) is 6.42 Å². The normalized spacial score (nSPS) is 26.5. The molecular formula is C20H24O5. The molecule has 3 rings (SSSR count). The van der Waals surface area contributed by atoms with Crippen molar-refractivity contribution in [2.45, 2.75) is 44.2 Å². The van der Waals surface area contributed by atoms with Gasteiger partial charge in [-0.25, -0.2) is 0 Å². The second-order valence-electron chi connectivity index (χ2n) is 6.21. The van der Waals surface area contributed by atoms with Crippen LogP contribution in [0.5, 0.6) is 0 Å². The summed E-state index contributed by atoms with van der Waals surface area (Å²) >= 11 is 0. The molecule has 0 radical (unpaired) electrons. The Hall–Kier alpha value is -1.76. The van der Waals surface area contributed by atoms with E-state index in [1.54, 1.807) is 0 Å². The molecular weight excluding hydrogens is 320 g/mol. The Bertz CT molecular complexity index is 618. The molecule has 5 heteroatoms. The maximum Gasteiger partial charge on any atom is 0.183 e. The Kier molecular flexibility index (Phi) is 6.55. The number of ether oxygens (including phenoxy) is 3. The first-order valence-electron chi connectivity index (χ1n) is 8.51. The van der Waals surface area contributed by atoms with Crippen LogP contribution in [-0.2, 0) is 27.4 Å². The molecule has 2 aromatic rings. The first-order chi connectivity index (χ1) is 12.2. The third-order valence-electron chi connectivity index (χ3n) is 4.22. The molecule has 0 aliphatic carbocycles. The van der Waals surface area contributed by atoms with Gasteiger partial charge in [-0.05, 0) is 11.1 Å². The Labute approximate surface area is 147 Å². The lowest BCUT2D eigenvalue weighted by Gasteiger charge is -2.36. The average Bonchev–Trinajstić information content (AvgIpc) is 2.65. The molecule has 2 N–H and O–H groups in total. The van der Waals surface area contributed by atoms with E-state index in [-0.39, 0.29) is 6.10 Å². The maximum absolute atomic E-state index is 10.1. The zero-order valence-corrected chi connectivity index (χ0v) is 14.0. The van der Waals surface area contributed by atoms with Gasteiger partial charge in [0.25, 0.3) is 0 Å². The average molecular weight is 344 g/mol. The number of aliphatic hydroxyl groups is 2. The van der Waals surface area contributed by atoms with Crippen molar-refractivity contribution in [3.8, 4) is 0 Å². The molecule has 2 aromatic carbocycles. The quantitative estimate of drug-likeness (QED) is 0.806. The van der Waals surface area contributed by atoms with Crippen LogP contribution in [0.3, 0.4) is 0 Å². The van der Waals surface area contributed by atoms with Crippen molar-refractivity contribution in [3.63, 3.8) is 0 Å². The highest BCUT2D eigenvalue weighted by atomic mass is 16.6. The van der Waals surface area contributed by atoms with E-state index in [1.165, 1.54) is 0 Å². The van der Waals surface area contributed by atoms with Crippen molar-refractivity contribution in [2.24, 2.45) is 0 Å². The van der Waals surface area contributed by atoms with Crippen molar-refractivity contribution >= 4 is 0 Å². The van der Waals surface area contributed by atoms with E-state index in [9.17, 15) is 10.2 Å². The zero-order valence-electron chi connectivity index (χ0n) is 14.0. The predicted octanol–water partition coefficient (Wildman–Crippen LogP) is 2.26. The van der Waals surface area contributed by atoms with Crippen LogP contribution in [0.15, 0.2) is 60.7 Å². The third-order valence-corrected chi connectivity index (χ3v) is 4.22. The molecule has 1 fully saturated rings. The van der Waals surface area contributed by atoms with Crippen LogP contribution in [-0.4, -0.2) is 41.4 Å². The summed E-state index contributed by atoms with van der Waals surface area (Å²) in [6, 6.07) is 19.6. The SMILES string of the molecule is O[C@H]1[C@H](O)O[C@H](COCc2ccccc2)C[C@@H]1OCc1ccccc1. The molecule has 5 nitrogen and oxygen atoms in total. The predicted molar refractivity (Wildman–Crippen MR) is 92.6 cm³/mol. The summed E-state index contributed by atoms with van der Waals surface area (Å²) in [4.78, 5) is 0. The van der Waals surface area contributed by atoms with Gasteiger partial charge in [0.05, 0.1) is 32.0 Å². The van der Waals surface area contributed by atoms with Crippen molar-refractivity contribution in [3.05, 3.63) is 71.8 Å². The van der Waals surface area contributed by atoms with Gasteiger partial charge in [0.1, 0.15) is 6.10 Å². The topological polar surface area (TPSA) is 68.2 Å². The molecule has 4 atom stereocenters. The van der Waals surface area contributed by atoms with E-state index in [4.69, 9.17) is 14.2 Å². The van der Waals surface area contributed by atoms with Crippen LogP contribution in [0.1, 0.15) is 17.5 Å². The summed E-state index contributed by atoms with van der Waals surface area (Å²) in [6.07, 6.45) is -2.66. The molecule has 0 aromatic heterocycles. The summed E-state index contributed by atoms with van der Waals surface area (Å²) in [7, 11) is 0. The van der Waals surface area contributed by atoms with Gasteiger partial charge in [-0.2, -0.15) is 0 Å². The van der Waals surface area contributed by atoms with Gasteiger partial charge in [-0.1, -0.05) is 60.7 Å². The van der Waals surface area contributed by atoms with Crippen molar-refractivity contribution in [2.75, 3.05) is 6.61 Å². The number of hydrogen-bond donors (Lipinski definition) is 2. The Morgan fingerprint density at radius 2 is 1.48 bits per heavy atom. The largest absolute Gasteiger partial charge is 0.385 e. The highest BCUT2D eigenvalue weighted by Crippen LogP contribution is 2.23. The second-order valence-corrected chi connectivity index (χ2v) is 6.21. The molecule has 0 saturated carbocycles. The minimum absolute atomic E-state index is 0.317. The van der Waals surface area contributed by atoms with E-state index in [2.05, 4.69) is 0 Å². The molecule has 1 aliphatic heterocycles. The monoisotopic (exact) mass is 344 g/mol. The molecule has 134 valence electrons. The van der Waals surface area contributed by atoms with Crippen LogP contribution in [0.4, 0.5) is 0 Å². The lowest BCUT2D eigenvalue weighted by Crippen LogP contribution is -2.50. The van der Waals surface area contributed by atoms with Crippen molar-refractivity contribution in [1.29, 1.82) is 0 Å². The van der Waals surface area contributed by atoms with Gasteiger partial charge in [0.2, 0.25) is 0 Å². The number of benzene rings is 2. The van der Waals surface area contributed by atoms with Gasteiger partial charge >= 0.3 is 0 Å². The van der Waals surface area contributed by atoms with E-state index < -0.39 is 18.5 Å². The fraction of sp³-hybridized carbons (Fsp3) is 0.400. The highest BCUT2D eigenvalue weighted by molar-refractivity contribution is 5.14. The van der Waals surface area contributed by atoms with Crippen LogP contribution in [0.25, 0.3) is 0 Å². The number of aliphatic hydroxyl groups excluding tert-OH is 2. The molecule has 0 spiro atoms. The Morgan fingerprint density at radius 3 is 2.12 bits per heavy atom. The summed E-state index contributed by atoms with van der Waals surface area (Å²) in [5, 5.41) is 20.0. The summed E-state index contributed by atoms with van der Waals surface area (Å²) in [5.41, 5.74) is 2.10. The smallest absolute Gasteiger partial charge is 0.183 e. The lowest BCUT2D eigenvalue weighted by atomic mass is 10.0. The van der Waals surface area contributed by atoms with Crippen LogP contribution in [0.2, 0.25) is 0 Å². The summed E-state index contributed by atoms with van der Waals surface area (Å²) in [5.74, 6) is 0. The zero-order chi connectivity index (χ0) is 17.5. The van der Waals surface area contributed by atoms with E-state index >= 15 is 0 Å². The minimum Gasteiger partial charge on any atom is -0.385 e. The van der Waals surface area contributed by atoms with Crippen molar-refractivity contribution in [1.82, 2.24) is 0 Å². The van der Waals surface area contributed by atoms with Crippen LogP contribution in [0, 0.1) is 0 Å². The van der Waals surface area contributed by atoms with Crippen LogP contribution < -0.4 is 0 Å². The van der Waals surface area contributed by atoms with E-state index in [0.717, 1.165) is 11.1 Å². The Morgan fingerprint density at radius 1 is 0.880 bits per heavy atom. The van der Waals surface area contributed by atoms with E-state index in [0.29, 0.717) is 26.2 Å². The molecule has 1 aliphatic rings. The number of rotatable bonds is 7. The summed E-state index contributed by atoms with van der Waals surface area (Å²) < 4.78 is 16.9. The fourth-order valence-electron chi connectivity index (χ4n) is 2.85. The Balaban J connectivity index is 1.48. The van der Waals surface area contributed by atoms with Gasteiger partial charge < -0.3 is 24.4 Å². The fourth-order valence-corrected chi connectivity index (χ4v) is 2.85. The standard InChI is InChI=1S/C20H24O5/c21-19-18(24-13-16-9-5-2-6-10-16)11-17(25-20(19)22)14-23-12-15-7-3-1-4-8-15/h1-10,17-22H,11-14H2/t17-,18-,19+,20+/m0/s1. The first kappa shape index (κ1) is 18.0. The number of hydrogen-bond acceptors (Lipinski definition) is 5. The molecule has 1 saturated heterocycles. The minimum atomic E-state index is -1.26. The third kappa shape index (κ3) is 5.36. The van der Waals surface area contributed by atoms with Gasteiger partial charge in [0.15, 0.2) is 6.29 Å². The highest BCUT2D eigenvalue weighted by Gasteiger charge is 2.37. The first-order valence-corrected chi connectivity index (χ1v) is 8.51. The molecule has 25 heavy (non-hydrogen) atoms. The molecule has 0 amide bonds.